The van der Waals surface area contributed by atoms with E-state index in [9.17, 15) is 4.79 Å². The van der Waals surface area contributed by atoms with E-state index >= 15 is 0 Å². The molecule has 0 radical (unpaired) electrons. The molecule has 2 N–H and O–H groups in total. The second-order valence-electron chi connectivity index (χ2n) is 6.86. The van der Waals surface area contributed by atoms with Gasteiger partial charge in [0.15, 0.2) is 5.82 Å². The van der Waals surface area contributed by atoms with Gasteiger partial charge in [-0.15, -0.1) is 0 Å². The van der Waals surface area contributed by atoms with Gasteiger partial charge in [-0.05, 0) is 37.3 Å². The number of ether oxygens (including phenoxy) is 1. The standard InChI is InChI=1S/C18H25N5O3/c1-11(2)16-22-17(26-23-16)15(13-5-8-25-9-6-13)21-18(24)20-14-4-7-19-10-12(14)3/h4,7,10-11,13,15H,5-6,8-9H2,1-3H3,(H2,19,20,21,24)/t15-/m0/s1. The molecule has 3 heterocycles. The lowest BCUT2D eigenvalue weighted by Gasteiger charge is -2.28. The number of urea groups is 1. The van der Waals surface area contributed by atoms with Gasteiger partial charge >= 0.3 is 6.03 Å². The molecule has 1 aliphatic rings. The zero-order valence-corrected chi connectivity index (χ0v) is 15.4. The number of rotatable bonds is 5. The van der Waals surface area contributed by atoms with Crippen LogP contribution in [0.15, 0.2) is 23.0 Å². The van der Waals surface area contributed by atoms with Crippen molar-refractivity contribution in [1.29, 1.82) is 0 Å². The summed E-state index contributed by atoms with van der Waals surface area (Å²) in [4.78, 5) is 21.1. The van der Waals surface area contributed by atoms with Crippen LogP contribution in [0.2, 0.25) is 0 Å². The summed E-state index contributed by atoms with van der Waals surface area (Å²) in [5.74, 6) is 1.44. The highest BCUT2D eigenvalue weighted by molar-refractivity contribution is 5.90. The summed E-state index contributed by atoms with van der Waals surface area (Å²) in [5.41, 5.74) is 1.61. The number of carbonyl (C=O) groups is 1. The number of carbonyl (C=O) groups excluding carboxylic acids is 1. The molecule has 1 saturated heterocycles. The van der Waals surface area contributed by atoms with E-state index in [0.29, 0.717) is 24.9 Å². The highest BCUT2D eigenvalue weighted by atomic mass is 16.5. The molecule has 0 aliphatic carbocycles. The fourth-order valence-electron chi connectivity index (χ4n) is 2.95. The molecule has 1 aliphatic heterocycles. The number of pyridine rings is 1. The highest BCUT2D eigenvalue weighted by Gasteiger charge is 2.31. The topological polar surface area (TPSA) is 102 Å². The molecule has 8 nitrogen and oxygen atoms in total. The molecule has 1 fully saturated rings. The number of hydrogen-bond acceptors (Lipinski definition) is 6. The zero-order chi connectivity index (χ0) is 18.5. The molecule has 3 rings (SSSR count). The molecular weight excluding hydrogens is 334 g/mol. The number of anilines is 1. The fourth-order valence-corrected chi connectivity index (χ4v) is 2.95. The van der Waals surface area contributed by atoms with Crippen molar-refractivity contribution >= 4 is 11.7 Å². The van der Waals surface area contributed by atoms with Crippen LogP contribution in [0.4, 0.5) is 10.5 Å². The van der Waals surface area contributed by atoms with Gasteiger partial charge in [0.1, 0.15) is 6.04 Å². The maximum absolute atomic E-state index is 12.6. The van der Waals surface area contributed by atoms with Crippen LogP contribution >= 0.6 is 0 Å². The summed E-state index contributed by atoms with van der Waals surface area (Å²) in [7, 11) is 0. The number of nitrogens with one attached hydrogen (secondary N) is 2. The van der Waals surface area contributed by atoms with E-state index in [1.165, 1.54) is 0 Å². The first kappa shape index (κ1) is 18.3. The van der Waals surface area contributed by atoms with Crippen molar-refractivity contribution < 1.29 is 14.1 Å². The van der Waals surface area contributed by atoms with Gasteiger partial charge in [-0.25, -0.2) is 4.79 Å². The maximum Gasteiger partial charge on any atom is 0.319 e. The van der Waals surface area contributed by atoms with Gasteiger partial charge in [-0.3, -0.25) is 4.98 Å². The van der Waals surface area contributed by atoms with Gasteiger partial charge in [0.25, 0.3) is 0 Å². The Hall–Kier alpha value is -2.48. The first-order valence-corrected chi connectivity index (χ1v) is 8.94. The van der Waals surface area contributed by atoms with Crippen LogP contribution in [-0.2, 0) is 4.74 Å². The Morgan fingerprint density at radius 2 is 2.08 bits per heavy atom. The van der Waals surface area contributed by atoms with E-state index in [1.54, 1.807) is 18.5 Å². The first-order chi connectivity index (χ1) is 12.5. The Balaban J connectivity index is 1.76. The van der Waals surface area contributed by atoms with Gasteiger partial charge in [0, 0.05) is 37.2 Å². The molecule has 0 aromatic carbocycles. The van der Waals surface area contributed by atoms with Crippen LogP contribution in [-0.4, -0.2) is 34.4 Å². The second kappa shape index (κ2) is 8.27. The smallest absolute Gasteiger partial charge is 0.319 e. The fraction of sp³-hybridized carbons (Fsp3) is 0.556. The molecule has 2 aromatic rings. The third-order valence-corrected chi connectivity index (χ3v) is 4.53. The lowest BCUT2D eigenvalue weighted by Crippen LogP contribution is -2.38. The first-order valence-electron chi connectivity index (χ1n) is 8.94. The Kier molecular flexibility index (Phi) is 5.82. The van der Waals surface area contributed by atoms with Gasteiger partial charge in [-0.2, -0.15) is 4.98 Å². The van der Waals surface area contributed by atoms with E-state index in [1.807, 2.05) is 20.8 Å². The van der Waals surface area contributed by atoms with Crippen molar-refractivity contribution in [2.75, 3.05) is 18.5 Å². The molecule has 0 saturated carbocycles. The predicted molar refractivity (Wildman–Crippen MR) is 95.8 cm³/mol. The van der Waals surface area contributed by atoms with Crippen LogP contribution < -0.4 is 10.6 Å². The summed E-state index contributed by atoms with van der Waals surface area (Å²) < 4.78 is 10.9. The van der Waals surface area contributed by atoms with Crippen LogP contribution in [0.1, 0.15) is 55.9 Å². The highest BCUT2D eigenvalue weighted by Crippen LogP contribution is 2.30. The minimum absolute atomic E-state index is 0.163. The minimum atomic E-state index is -0.346. The second-order valence-corrected chi connectivity index (χ2v) is 6.86. The molecule has 2 amide bonds. The molecule has 0 bridgehead atoms. The van der Waals surface area contributed by atoms with Crippen LogP contribution in [0, 0.1) is 12.8 Å². The van der Waals surface area contributed by atoms with Gasteiger partial charge in [-0.1, -0.05) is 19.0 Å². The monoisotopic (exact) mass is 359 g/mol. The third-order valence-electron chi connectivity index (χ3n) is 4.53. The van der Waals surface area contributed by atoms with E-state index in [0.717, 1.165) is 24.1 Å². The number of aromatic nitrogens is 3. The summed E-state index contributed by atoms with van der Waals surface area (Å²) in [5, 5.41) is 9.92. The van der Waals surface area contributed by atoms with Crippen molar-refractivity contribution in [3.63, 3.8) is 0 Å². The summed E-state index contributed by atoms with van der Waals surface area (Å²) in [6.07, 6.45) is 5.02. The Morgan fingerprint density at radius 3 is 2.73 bits per heavy atom. The molecule has 1 atom stereocenters. The van der Waals surface area contributed by atoms with Crippen molar-refractivity contribution in [2.24, 2.45) is 5.92 Å². The zero-order valence-electron chi connectivity index (χ0n) is 15.4. The predicted octanol–water partition coefficient (Wildman–Crippen LogP) is 3.19. The quantitative estimate of drug-likeness (QED) is 0.850. The van der Waals surface area contributed by atoms with Gasteiger partial charge in [0.2, 0.25) is 5.89 Å². The largest absolute Gasteiger partial charge is 0.381 e. The minimum Gasteiger partial charge on any atom is -0.381 e. The maximum atomic E-state index is 12.6. The van der Waals surface area contributed by atoms with Crippen LogP contribution in [0.3, 0.4) is 0 Å². The molecule has 0 spiro atoms. The third kappa shape index (κ3) is 4.37. The lowest BCUT2D eigenvalue weighted by atomic mass is 9.91. The number of nitrogens with zero attached hydrogens (tertiary/aromatic N) is 3. The van der Waals surface area contributed by atoms with Crippen molar-refractivity contribution in [1.82, 2.24) is 20.4 Å². The SMILES string of the molecule is Cc1cnccc1NC(=O)N[C@H](c1nc(C(C)C)no1)C1CCOCC1. The van der Waals surface area contributed by atoms with E-state index < -0.39 is 0 Å². The van der Waals surface area contributed by atoms with E-state index in [2.05, 4.69) is 25.8 Å². The van der Waals surface area contributed by atoms with Gasteiger partial charge in [0.05, 0.1) is 0 Å². The van der Waals surface area contributed by atoms with E-state index in [-0.39, 0.29) is 23.9 Å². The van der Waals surface area contributed by atoms with E-state index in [4.69, 9.17) is 9.26 Å². The lowest BCUT2D eigenvalue weighted by molar-refractivity contribution is 0.0506. The summed E-state index contributed by atoms with van der Waals surface area (Å²) in [6, 6.07) is 1.11. The Morgan fingerprint density at radius 1 is 1.31 bits per heavy atom. The van der Waals surface area contributed by atoms with Crippen molar-refractivity contribution in [3.8, 4) is 0 Å². The average molecular weight is 359 g/mol. The molecular formula is C18H25N5O3. The summed E-state index contributed by atoms with van der Waals surface area (Å²) in [6.45, 7) is 7.23. The molecule has 0 unspecified atom stereocenters. The average Bonchev–Trinajstić information content (AvgIpc) is 3.12. The molecule has 140 valence electrons. The molecule has 8 heteroatoms. The number of amides is 2. The van der Waals surface area contributed by atoms with Crippen molar-refractivity contribution in [3.05, 3.63) is 35.7 Å². The van der Waals surface area contributed by atoms with Crippen LogP contribution in [0.25, 0.3) is 0 Å². The number of hydrogen-bond donors (Lipinski definition) is 2. The van der Waals surface area contributed by atoms with Crippen molar-refractivity contribution in [2.45, 2.75) is 45.6 Å². The number of aryl methyl sites for hydroxylation is 1. The summed E-state index contributed by atoms with van der Waals surface area (Å²) >= 11 is 0. The van der Waals surface area contributed by atoms with Gasteiger partial charge < -0.3 is 19.9 Å². The molecule has 2 aromatic heterocycles. The Bertz CT molecular complexity index is 740. The Labute approximate surface area is 152 Å². The molecule has 26 heavy (non-hydrogen) atoms. The normalized spacial score (nSPS) is 16.5. The van der Waals surface area contributed by atoms with Crippen LogP contribution in [0.5, 0.6) is 0 Å².